The van der Waals surface area contributed by atoms with Gasteiger partial charge in [-0.25, -0.2) is 24.3 Å². The average Bonchev–Trinajstić information content (AvgIpc) is 2.72. The van der Waals surface area contributed by atoms with E-state index in [0.29, 0.717) is 11.3 Å². The Morgan fingerprint density at radius 1 is 1.12 bits per heavy atom. The lowest BCUT2D eigenvalue weighted by Gasteiger charge is -2.26. The van der Waals surface area contributed by atoms with E-state index in [1.54, 1.807) is 0 Å². The maximum absolute atomic E-state index is 14.1. The Kier molecular flexibility index (Phi) is 5.24. The highest BCUT2D eigenvalue weighted by atomic mass is 19.4. The molecule has 13 heteroatoms. The molecule has 5 N–H and O–H groups in total. The molecule has 32 heavy (non-hydrogen) atoms. The van der Waals surface area contributed by atoms with E-state index >= 15 is 0 Å². The Bertz CT molecular complexity index is 1200. The third-order valence-electron chi connectivity index (χ3n) is 4.64. The Balaban J connectivity index is 1.73. The first-order chi connectivity index (χ1) is 15.1. The van der Waals surface area contributed by atoms with Crippen LogP contribution >= 0.6 is 0 Å². The number of fused-ring (bicyclic) bond motifs is 1. The van der Waals surface area contributed by atoms with Crippen molar-refractivity contribution in [2.24, 2.45) is 0 Å². The molecule has 0 radical (unpaired) electrons. The molecule has 0 spiro atoms. The molecule has 0 unspecified atom stereocenters. The minimum atomic E-state index is -4.61. The van der Waals surface area contributed by atoms with Crippen LogP contribution in [0.25, 0.3) is 11.3 Å². The SMILES string of the molecule is Nc1ncc2c(n1)C[C@H](c1ccc(F)cc1-c1cnc(N)c(OCC(F)(F)F)n1)NC2=O. The van der Waals surface area contributed by atoms with Gasteiger partial charge < -0.3 is 21.5 Å². The van der Waals surface area contributed by atoms with Gasteiger partial charge in [-0.1, -0.05) is 6.07 Å². The van der Waals surface area contributed by atoms with Crippen LogP contribution in [0.3, 0.4) is 0 Å². The summed E-state index contributed by atoms with van der Waals surface area (Å²) in [4.78, 5) is 28.2. The van der Waals surface area contributed by atoms with Crippen molar-refractivity contribution in [2.45, 2.75) is 18.6 Å². The number of hydrogen-bond acceptors (Lipinski definition) is 8. The highest BCUT2D eigenvalue weighted by Crippen LogP contribution is 2.34. The fraction of sp³-hybridized carbons (Fsp3) is 0.211. The first-order valence-corrected chi connectivity index (χ1v) is 9.15. The molecule has 0 bridgehead atoms. The van der Waals surface area contributed by atoms with Crippen molar-refractivity contribution >= 4 is 17.7 Å². The fourth-order valence-corrected chi connectivity index (χ4v) is 3.27. The summed E-state index contributed by atoms with van der Waals surface area (Å²) in [6, 6.07) is 3.08. The second-order valence-electron chi connectivity index (χ2n) is 6.90. The molecule has 0 aliphatic carbocycles. The third kappa shape index (κ3) is 4.36. The van der Waals surface area contributed by atoms with Crippen molar-refractivity contribution < 1.29 is 27.1 Å². The number of nitrogens with zero attached hydrogens (tertiary/aromatic N) is 4. The van der Waals surface area contributed by atoms with E-state index in [0.717, 1.165) is 6.07 Å². The Morgan fingerprint density at radius 3 is 2.66 bits per heavy atom. The van der Waals surface area contributed by atoms with Gasteiger partial charge in [-0.05, 0) is 17.7 Å². The number of amides is 1. The van der Waals surface area contributed by atoms with E-state index in [1.807, 2.05) is 0 Å². The van der Waals surface area contributed by atoms with Gasteiger partial charge in [0.05, 0.1) is 29.2 Å². The zero-order valence-electron chi connectivity index (χ0n) is 16.2. The normalized spacial score (nSPS) is 15.8. The monoisotopic (exact) mass is 449 g/mol. The number of hydrogen-bond donors (Lipinski definition) is 3. The van der Waals surface area contributed by atoms with Crippen LogP contribution in [-0.2, 0) is 6.42 Å². The van der Waals surface area contributed by atoms with Gasteiger partial charge in [0.2, 0.25) is 5.95 Å². The zero-order valence-corrected chi connectivity index (χ0v) is 16.2. The Hall–Kier alpha value is -4.03. The van der Waals surface area contributed by atoms with E-state index < -0.39 is 36.4 Å². The smallest absolute Gasteiger partial charge is 0.422 e. The van der Waals surface area contributed by atoms with E-state index in [4.69, 9.17) is 11.5 Å². The van der Waals surface area contributed by atoms with Crippen molar-refractivity contribution in [3.05, 3.63) is 53.2 Å². The van der Waals surface area contributed by atoms with Crippen LogP contribution in [-0.4, -0.2) is 38.6 Å². The number of halogens is 4. The number of ether oxygens (including phenoxy) is 1. The molecule has 1 aliphatic rings. The summed E-state index contributed by atoms with van der Waals surface area (Å²) in [5, 5.41) is 2.77. The number of aromatic nitrogens is 4. The Morgan fingerprint density at radius 2 is 1.91 bits per heavy atom. The number of carbonyl (C=O) groups excluding carboxylic acids is 1. The molecule has 0 saturated carbocycles. The first kappa shape index (κ1) is 21.2. The summed E-state index contributed by atoms with van der Waals surface area (Å²) in [5.41, 5.74) is 12.5. The van der Waals surface area contributed by atoms with Crippen LogP contribution in [0.4, 0.5) is 29.3 Å². The number of nitrogens with two attached hydrogens (primary N) is 2. The summed E-state index contributed by atoms with van der Waals surface area (Å²) in [6.07, 6.45) is -1.92. The van der Waals surface area contributed by atoms with Crippen molar-refractivity contribution in [3.63, 3.8) is 0 Å². The van der Waals surface area contributed by atoms with Gasteiger partial charge in [0.1, 0.15) is 5.82 Å². The van der Waals surface area contributed by atoms with Crippen molar-refractivity contribution in [3.8, 4) is 17.1 Å². The lowest BCUT2D eigenvalue weighted by atomic mass is 9.91. The van der Waals surface area contributed by atoms with Gasteiger partial charge in [0, 0.05) is 18.2 Å². The summed E-state index contributed by atoms with van der Waals surface area (Å²) in [6.45, 7) is -1.62. The quantitative estimate of drug-likeness (QED) is 0.515. The Labute approximate surface area is 177 Å². The largest absolute Gasteiger partial charge is 0.465 e. The van der Waals surface area contributed by atoms with Crippen LogP contribution in [0.5, 0.6) is 5.88 Å². The molecular weight excluding hydrogens is 434 g/mol. The number of anilines is 2. The second-order valence-corrected chi connectivity index (χ2v) is 6.90. The standard InChI is InChI=1S/C19H15F4N7O2/c20-8-1-2-9(12-4-13-11(16(31)28-12)5-27-18(25)30-13)10(3-8)14-6-26-15(24)17(29-14)32-7-19(21,22)23/h1-3,5-6,12H,4,7H2,(H2,24,26)(H,28,31)(H2,25,27,30)/t12-/m1/s1. The van der Waals surface area contributed by atoms with Crippen molar-refractivity contribution in [2.75, 3.05) is 18.1 Å². The predicted octanol–water partition coefficient (Wildman–Crippen LogP) is 2.21. The molecule has 4 rings (SSSR count). The van der Waals surface area contributed by atoms with E-state index in [9.17, 15) is 22.4 Å². The topological polar surface area (TPSA) is 142 Å². The van der Waals surface area contributed by atoms with Crippen LogP contribution in [0.1, 0.15) is 27.7 Å². The van der Waals surface area contributed by atoms with Crippen LogP contribution < -0.4 is 21.5 Å². The van der Waals surface area contributed by atoms with Gasteiger partial charge in [0.15, 0.2) is 12.4 Å². The summed E-state index contributed by atoms with van der Waals surface area (Å²) in [7, 11) is 0. The molecule has 3 heterocycles. The maximum Gasteiger partial charge on any atom is 0.422 e. The van der Waals surface area contributed by atoms with Crippen LogP contribution in [0.15, 0.2) is 30.6 Å². The van der Waals surface area contributed by atoms with Gasteiger partial charge >= 0.3 is 6.18 Å². The second kappa shape index (κ2) is 7.90. The first-order valence-electron chi connectivity index (χ1n) is 9.15. The minimum absolute atomic E-state index is 0.00705. The highest BCUT2D eigenvalue weighted by molar-refractivity contribution is 5.96. The number of benzene rings is 1. The number of alkyl halides is 3. The summed E-state index contributed by atoms with van der Waals surface area (Å²) in [5.74, 6) is -2.00. The molecule has 9 nitrogen and oxygen atoms in total. The maximum atomic E-state index is 14.1. The zero-order chi connectivity index (χ0) is 23.0. The van der Waals surface area contributed by atoms with E-state index in [-0.39, 0.29) is 35.0 Å². The molecule has 0 saturated heterocycles. The molecule has 3 aromatic rings. The lowest BCUT2D eigenvalue weighted by molar-refractivity contribution is -0.154. The number of carbonyl (C=O) groups is 1. The fourth-order valence-electron chi connectivity index (χ4n) is 3.27. The summed E-state index contributed by atoms with van der Waals surface area (Å²) < 4.78 is 56.3. The highest BCUT2D eigenvalue weighted by Gasteiger charge is 2.31. The number of nitrogens with one attached hydrogen (secondary N) is 1. The molecule has 1 atom stereocenters. The molecular formula is C19H15F4N7O2. The molecule has 0 fully saturated rings. The number of rotatable bonds is 4. The predicted molar refractivity (Wildman–Crippen MR) is 104 cm³/mol. The molecule has 1 amide bonds. The van der Waals surface area contributed by atoms with Crippen LogP contribution in [0.2, 0.25) is 0 Å². The molecule has 166 valence electrons. The van der Waals surface area contributed by atoms with Gasteiger partial charge in [-0.3, -0.25) is 4.79 Å². The average molecular weight is 449 g/mol. The molecule has 1 aliphatic heterocycles. The van der Waals surface area contributed by atoms with Crippen molar-refractivity contribution in [1.82, 2.24) is 25.3 Å². The third-order valence-corrected chi connectivity index (χ3v) is 4.64. The number of nitrogen functional groups attached to an aromatic ring is 2. The van der Waals surface area contributed by atoms with Gasteiger partial charge in [-0.15, -0.1) is 0 Å². The van der Waals surface area contributed by atoms with E-state index in [1.165, 1.54) is 24.5 Å². The summed E-state index contributed by atoms with van der Waals surface area (Å²) >= 11 is 0. The lowest BCUT2D eigenvalue weighted by Crippen LogP contribution is -2.36. The van der Waals surface area contributed by atoms with Gasteiger partial charge in [0.25, 0.3) is 11.8 Å². The van der Waals surface area contributed by atoms with Crippen LogP contribution in [0, 0.1) is 5.82 Å². The van der Waals surface area contributed by atoms with Crippen molar-refractivity contribution in [1.29, 1.82) is 0 Å². The van der Waals surface area contributed by atoms with Gasteiger partial charge in [-0.2, -0.15) is 13.2 Å². The minimum Gasteiger partial charge on any atom is -0.465 e. The molecule has 1 aromatic carbocycles. The molecule has 2 aromatic heterocycles. The van der Waals surface area contributed by atoms with E-state index in [2.05, 4.69) is 30.0 Å².